The maximum atomic E-state index is 14.7. The second kappa shape index (κ2) is 16.9. The van der Waals surface area contributed by atoms with Crippen molar-refractivity contribution in [3.8, 4) is 11.5 Å². The van der Waals surface area contributed by atoms with E-state index in [0.29, 0.717) is 0 Å². The third-order valence-corrected chi connectivity index (χ3v) is 9.39. The molecule has 6 rings (SSSR count). The van der Waals surface area contributed by atoms with Crippen molar-refractivity contribution >= 4 is 7.82 Å². The second-order valence-corrected chi connectivity index (χ2v) is 13.1. The first-order chi connectivity index (χ1) is 24.0. The van der Waals surface area contributed by atoms with Gasteiger partial charge in [0.1, 0.15) is 48.1 Å². The Hall–Kier alpha value is -4.31. The van der Waals surface area contributed by atoms with E-state index in [4.69, 9.17) is 27.8 Å². The van der Waals surface area contributed by atoms with Crippen molar-refractivity contribution in [1.29, 1.82) is 0 Å². The second-order valence-electron chi connectivity index (χ2n) is 11.6. The molecule has 0 saturated heterocycles. The molecule has 1 saturated carbocycles. The van der Waals surface area contributed by atoms with Crippen molar-refractivity contribution < 1.29 is 42.6 Å². The molecule has 0 aromatic heterocycles. The summed E-state index contributed by atoms with van der Waals surface area (Å²) in [4.78, 5) is 0. The standard InChI is InChI=1S/C39H39O9P/c40-34-36(43-26-29-16-6-1-7-17-29)35(41)38(45-28-31-20-10-3-11-21-31)39(37(34)44-27-30-18-8-2-9-19-30)48-49(42,46-32-22-12-4-13-23-32)47-33-24-14-5-15-25-33/h1-25,34-41H,26-28H2/t34-,35+,36?,37-,38-,39?/m0/s1. The summed E-state index contributed by atoms with van der Waals surface area (Å²) in [5, 5.41) is 23.8. The molecule has 10 heteroatoms. The Morgan fingerprint density at radius 1 is 0.429 bits per heavy atom. The Morgan fingerprint density at radius 2 is 0.735 bits per heavy atom. The quantitative estimate of drug-likeness (QED) is 0.111. The van der Waals surface area contributed by atoms with Crippen molar-refractivity contribution in [2.24, 2.45) is 0 Å². The van der Waals surface area contributed by atoms with E-state index in [1.165, 1.54) is 0 Å². The number of rotatable bonds is 15. The average molecular weight is 683 g/mol. The third-order valence-electron chi connectivity index (χ3n) is 8.02. The first-order valence-electron chi connectivity index (χ1n) is 16.1. The first-order valence-corrected chi connectivity index (χ1v) is 17.5. The maximum Gasteiger partial charge on any atom is 0.588 e. The summed E-state index contributed by atoms with van der Waals surface area (Å²) in [5.41, 5.74) is 2.50. The van der Waals surface area contributed by atoms with Crippen LogP contribution < -0.4 is 9.05 Å². The van der Waals surface area contributed by atoms with Crippen LogP contribution in [0.2, 0.25) is 0 Å². The number of aliphatic hydroxyl groups excluding tert-OH is 2. The molecule has 49 heavy (non-hydrogen) atoms. The zero-order valence-corrected chi connectivity index (χ0v) is 27.6. The summed E-state index contributed by atoms with van der Waals surface area (Å²) < 4.78 is 51.8. The molecule has 1 fully saturated rings. The van der Waals surface area contributed by atoms with Crippen LogP contribution in [0.4, 0.5) is 0 Å². The number of para-hydroxylation sites is 2. The lowest BCUT2D eigenvalue weighted by molar-refractivity contribution is -0.258. The van der Waals surface area contributed by atoms with Crippen molar-refractivity contribution in [2.45, 2.75) is 56.4 Å². The van der Waals surface area contributed by atoms with E-state index in [2.05, 4.69) is 0 Å². The molecular weight excluding hydrogens is 643 g/mol. The van der Waals surface area contributed by atoms with E-state index in [1.54, 1.807) is 60.7 Å². The highest BCUT2D eigenvalue weighted by atomic mass is 31.2. The van der Waals surface area contributed by atoms with Crippen molar-refractivity contribution in [1.82, 2.24) is 0 Å². The van der Waals surface area contributed by atoms with Crippen molar-refractivity contribution in [3.63, 3.8) is 0 Å². The van der Waals surface area contributed by atoms with Crippen LogP contribution in [0.3, 0.4) is 0 Å². The predicted octanol–water partition coefficient (Wildman–Crippen LogP) is 7.13. The molecule has 1 aliphatic carbocycles. The van der Waals surface area contributed by atoms with Crippen LogP contribution >= 0.6 is 7.82 Å². The molecule has 0 aliphatic heterocycles. The molecule has 254 valence electrons. The maximum absolute atomic E-state index is 14.7. The van der Waals surface area contributed by atoms with Gasteiger partial charge in [0.15, 0.2) is 0 Å². The lowest BCUT2D eigenvalue weighted by Gasteiger charge is -2.46. The Labute approximate surface area is 286 Å². The van der Waals surface area contributed by atoms with Crippen molar-refractivity contribution in [3.05, 3.63) is 168 Å². The highest BCUT2D eigenvalue weighted by Crippen LogP contribution is 2.53. The van der Waals surface area contributed by atoms with Crippen LogP contribution in [-0.2, 0) is 43.1 Å². The molecule has 1 aliphatic rings. The van der Waals surface area contributed by atoms with Gasteiger partial charge in [-0.25, -0.2) is 4.57 Å². The highest BCUT2D eigenvalue weighted by molar-refractivity contribution is 7.49. The van der Waals surface area contributed by atoms with Gasteiger partial charge in [-0.05, 0) is 41.0 Å². The van der Waals surface area contributed by atoms with Crippen LogP contribution in [0.15, 0.2) is 152 Å². The largest absolute Gasteiger partial charge is 0.588 e. The lowest BCUT2D eigenvalue weighted by atomic mass is 9.84. The number of ether oxygens (including phenoxy) is 3. The molecule has 0 spiro atoms. The lowest BCUT2D eigenvalue weighted by Crippen LogP contribution is -2.66. The minimum atomic E-state index is -4.56. The van der Waals surface area contributed by atoms with E-state index < -0.39 is 44.4 Å². The van der Waals surface area contributed by atoms with Gasteiger partial charge in [0, 0.05) is 0 Å². The van der Waals surface area contributed by atoms with E-state index in [0.717, 1.165) is 16.7 Å². The summed E-state index contributed by atoms with van der Waals surface area (Å²) >= 11 is 0. The monoisotopic (exact) mass is 682 g/mol. The number of hydrogen-bond acceptors (Lipinski definition) is 9. The van der Waals surface area contributed by atoms with Crippen LogP contribution in [0, 0.1) is 0 Å². The summed E-state index contributed by atoms with van der Waals surface area (Å²) in [5.74, 6) is 0.456. The fourth-order valence-electron chi connectivity index (χ4n) is 5.59. The summed E-state index contributed by atoms with van der Waals surface area (Å²) in [6, 6.07) is 45.2. The zero-order valence-electron chi connectivity index (χ0n) is 26.7. The fraction of sp³-hybridized carbons (Fsp3) is 0.231. The van der Waals surface area contributed by atoms with Gasteiger partial charge < -0.3 is 33.5 Å². The van der Waals surface area contributed by atoms with E-state index in [9.17, 15) is 14.8 Å². The predicted molar refractivity (Wildman–Crippen MR) is 184 cm³/mol. The number of phosphoric acid groups is 1. The van der Waals surface area contributed by atoms with Crippen LogP contribution in [0.5, 0.6) is 11.5 Å². The van der Waals surface area contributed by atoms with Gasteiger partial charge in [-0.2, -0.15) is 0 Å². The number of hydrogen-bond donors (Lipinski definition) is 2. The Balaban J connectivity index is 1.36. The molecule has 0 radical (unpaired) electrons. The zero-order chi connectivity index (χ0) is 33.9. The van der Waals surface area contributed by atoms with E-state index in [-0.39, 0.29) is 31.3 Å². The SMILES string of the molecule is O=P(Oc1ccccc1)(Oc1ccccc1)OC1[C@@H](OCc2ccccc2)[C@H](O)C(OCc2ccccc2)[C@H](O)[C@@H]1OCc1ccccc1. The van der Waals surface area contributed by atoms with Crippen LogP contribution in [0.25, 0.3) is 0 Å². The van der Waals surface area contributed by atoms with Gasteiger partial charge in [0.05, 0.1) is 19.8 Å². The average Bonchev–Trinajstić information content (AvgIpc) is 3.13. The Bertz CT molecular complexity index is 1630. The molecule has 5 aromatic rings. The normalized spacial score (nSPS) is 22.3. The molecule has 0 amide bonds. The molecule has 0 heterocycles. The molecule has 0 bridgehead atoms. The van der Waals surface area contributed by atoms with Gasteiger partial charge in [-0.3, -0.25) is 4.52 Å². The minimum absolute atomic E-state index is 0.0682. The first kappa shape index (κ1) is 34.5. The van der Waals surface area contributed by atoms with Crippen LogP contribution in [0.1, 0.15) is 16.7 Å². The van der Waals surface area contributed by atoms with Crippen molar-refractivity contribution in [2.75, 3.05) is 0 Å². The Kier molecular flexibility index (Phi) is 11.9. The highest BCUT2D eigenvalue weighted by Gasteiger charge is 2.56. The van der Waals surface area contributed by atoms with E-state index >= 15 is 0 Å². The van der Waals surface area contributed by atoms with Gasteiger partial charge >= 0.3 is 7.82 Å². The Morgan fingerprint density at radius 3 is 1.08 bits per heavy atom. The van der Waals surface area contributed by atoms with E-state index in [1.807, 2.05) is 91.0 Å². The van der Waals surface area contributed by atoms with Gasteiger partial charge in [0.25, 0.3) is 0 Å². The molecule has 5 aromatic carbocycles. The topological polar surface area (TPSA) is 113 Å². The smallest absolute Gasteiger partial charge is 0.395 e. The summed E-state index contributed by atoms with van der Waals surface area (Å²) in [6.45, 7) is 0.242. The molecule has 2 unspecified atom stereocenters. The minimum Gasteiger partial charge on any atom is -0.395 e. The van der Waals surface area contributed by atoms with Gasteiger partial charge in [-0.1, -0.05) is 127 Å². The summed E-state index contributed by atoms with van der Waals surface area (Å²) in [7, 11) is -4.56. The fourth-order valence-corrected chi connectivity index (χ4v) is 7.01. The van der Waals surface area contributed by atoms with Crippen LogP contribution in [-0.4, -0.2) is 46.8 Å². The molecule has 6 atom stereocenters. The molecule has 9 nitrogen and oxygen atoms in total. The molecule has 2 N–H and O–H groups in total. The summed E-state index contributed by atoms with van der Waals surface area (Å²) in [6.07, 6.45) is -7.82. The van der Waals surface area contributed by atoms with Gasteiger partial charge in [-0.15, -0.1) is 0 Å². The number of phosphoric ester groups is 1. The van der Waals surface area contributed by atoms with Gasteiger partial charge in [0.2, 0.25) is 0 Å². The number of benzene rings is 5. The number of aliphatic hydroxyl groups is 2. The third kappa shape index (κ3) is 9.44. The molecular formula is C39H39O9P.